The van der Waals surface area contributed by atoms with Crippen LogP contribution in [0.1, 0.15) is 18.1 Å². The summed E-state index contributed by atoms with van der Waals surface area (Å²) in [5, 5.41) is 10.5. The number of hydrazone groups is 1. The lowest BCUT2D eigenvalue weighted by atomic mass is 10.1. The molecule has 0 atom stereocenters. The van der Waals surface area contributed by atoms with Gasteiger partial charge in [-0.1, -0.05) is 42.0 Å². The van der Waals surface area contributed by atoms with E-state index < -0.39 is 0 Å². The summed E-state index contributed by atoms with van der Waals surface area (Å²) in [5.74, 6) is 0. The molecular formula is C19H19N5S2. The van der Waals surface area contributed by atoms with Crippen LogP contribution in [-0.2, 0) is 0 Å². The van der Waals surface area contributed by atoms with Crippen molar-refractivity contribution in [1.29, 1.82) is 0 Å². The molecule has 0 saturated heterocycles. The van der Waals surface area contributed by atoms with Crippen molar-refractivity contribution in [1.82, 2.24) is 10.4 Å². The Morgan fingerprint density at radius 1 is 1.12 bits per heavy atom. The van der Waals surface area contributed by atoms with Crippen LogP contribution in [0.2, 0.25) is 0 Å². The summed E-state index contributed by atoms with van der Waals surface area (Å²) in [6.45, 7) is 3.97. The second-order valence-corrected chi connectivity index (χ2v) is 7.08. The van der Waals surface area contributed by atoms with Crippen LogP contribution >= 0.6 is 23.6 Å². The molecule has 3 aromatic rings. The molecule has 5 nitrogen and oxygen atoms in total. The number of hydrogen-bond donors (Lipinski definition) is 3. The molecule has 1 aromatic heterocycles. The van der Waals surface area contributed by atoms with Gasteiger partial charge in [0.25, 0.3) is 0 Å². The minimum absolute atomic E-state index is 0.149. The maximum Gasteiger partial charge on any atom is 0.187 e. The van der Waals surface area contributed by atoms with Crippen LogP contribution < -0.4 is 16.5 Å². The molecule has 0 aliphatic heterocycles. The van der Waals surface area contributed by atoms with Crippen LogP contribution in [0.3, 0.4) is 0 Å². The molecule has 3 rings (SSSR count). The number of aromatic nitrogens is 1. The van der Waals surface area contributed by atoms with E-state index >= 15 is 0 Å². The number of thiocarbonyl (C=S) groups is 1. The highest BCUT2D eigenvalue weighted by Crippen LogP contribution is 2.27. The van der Waals surface area contributed by atoms with Crippen molar-refractivity contribution in [2.45, 2.75) is 13.8 Å². The third kappa shape index (κ3) is 4.65. The number of nitrogens with zero attached hydrogens (tertiary/aromatic N) is 2. The largest absolute Gasteiger partial charge is 0.375 e. The lowest BCUT2D eigenvalue weighted by Crippen LogP contribution is -2.25. The lowest BCUT2D eigenvalue weighted by molar-refractivity contribution is 1.03. The second kappa shape index (κ2) is 8.07. The highest BCUT2D eigenvalue weighted by atomic mass is 32.1. The first-order valence-corrected chi connectivity index (χ1v) is 9.30. The van der Waals surface area contributed by atoms with E-state index in [-0.39, 0.29) is 5.11 Å². The topological polar surface area (TPSA) is 75.3 Å². The van der Waals surface area contributed by atoms with Crippen LogP contribution in [0.4, 0.5) is 10.8 Å². The molecule has 132 valence electrons. The van der Waals surface area contributed by atoms with E-state index in [0.717, 1.165) is 33.4 Å². The van der Waals surface area contributed by atoms with Crippen molar-refractivity contribution >= 4 is 45.2 Å². The summed E-state index contributed by atoms with van der Waals surface area (Å²) in [6.07, 6.45) is 0. The van der Waals surface area contributed by atoms with Gasteiger partial charge < -0.3 is 11.1 Å². The van der Waals surface area contributed by atoms with Gasteiger partial charge in [0.05, 0.1) is 11.4 Å². The van der Waals surface area contributed by atoms with Crippen molar-refractivity contribution < 1.29 is 0 Å². The number of rotatable bonds is 5. The van der Waals surface area contributed by atoms with Gasteiger partial charge in [0.1, 0.15) is 0 Å². The van der Waals surface area contributed by atoms with Crippen molar-refractivity contribution in [3.63, 3.8) is 0 Å². The van der Waals surface area contributed by atoms with Crippen molar-refractivity contribution in [3.8, 4) is 11.3 Å². The quantitative estimate of drug-likeness (QED) is 0.346. The molecule has 0 bridgehead atoms. The Morgan fingerprint density at radius 3 is 2.46 bits per heavy atom. The number of nitrogens with one attached hydrogen (secondary N) is 2. The Kier molecular flexibility index (Phi) is 5.60. The molecule has 0 radical (unpaired) electrons. The van der Waals surface area contributed by atoms with Crippen LogP contribution in [0.5, 0.6) is 0 Å². The zero-order chi connectivity index (χ0) is 18.5. The number of aryl methyl sites for hydroxylation is 1. The van der Waals surface area contributed by atoms with E-state index in [1.54, 1.807) is 11.3 Å². The summed E-state index contributed by atoms with van der Waals surface area (Å²) < 4.78 is 0. The van der Waals surface area contributed by atoms with Crippen LogP contribution in [0.25, 0.3) is 11.3 Å². The summed E-state index contributed by atoms with van der Waals surface area (Å²) in [4.78, 5) is 4.66. The predicted molar refractivity (Wildman–Crippen MR) is 114 cm³/mol. The van der Waals surface area contributed by atoms with Gasteiger partial charge >= 0.3 is 0 Å². The van der Waals surface area contributed by atoms with Crippen molar-refractivity contribution in [3.05, 3.63) is 65.0 Å². The van der Waals surface area contributed by atoms with E-state index in [1.165, 1.54) is 5.56 Å². The molecular weight excluding hydrogens is 362 g/mol. The van der Waals surface area contributed by atoms with Gasteiger partial charge in [-0.3, -0.25) is 5.43 Å². The fourth-order valence-electron chi connectivity index (χ4n) is 2.31. The molecule has 0 fully saturated rings. The van der Waals surface area contributed by atoms with Crippen LogP contribution in [-0.4, -0.2) is 15.8 Å². The highest BCUT2D eigenvalue weighted by molar-refractivity contribution is 7.80. The van der Waals surface area contributed by atoms with E-state index in [0.29, 0.717) is 0 Å². The lowest BCUT2D eigenvalue weighted by Gasteiger charge is -2.05. The number of hydrogen-bond acceptors (Lipinski definition) is 5. The molecule has 0 spiro atoms. The molecule has 0 unspecified atom stereocenters. The third-order valence-corrected chi connectivity index (χ3v) is 4.59. The normalized spacial score (nSPS) is 11.2. The second-order valence-electron chi connectivity index (χ2n) is 5.78. The Hall–Kier alpha value is -2.77. The zero-order valence-corrected chi connectivity index (χ0v) is 16.1. The average Bonchev–Trinajstić information content (AvgIpc) is 3.09. The number of benzene rings is 2. The average molecular weight is 382 g/mol. The SMILES string of the molecule is C/C(=N\NC(N)=S)c1ccc(Nc2nc(-c3ccc(C)cc3)cs2)cc1. The van der Waals surface area contributed by atoms with Gasteiger partial charge in [-0.05, 0) is 43.8 Å². The molecule has 1 heterocycles. The molecule has 4 N–H and O–H groups in total. The Labute approximate surface area is 162 Å². The zero-order valence-electron chi connectivity index (χ0n) is 14.5. The monoisotopic (exact) mass is 381 g/mol. The summed E-state index contributed by atoms with van der Waals surface area (Å²) in [6, 6.07) is 16.3. The number of thiazole rings is 1. The number of nitrogens with two attached hydrogens (primary N) is 1. The first-order valence-electron chi connectivity index (χ1n) is 8.01. The molecule has 0 amide bonds. The molecule has 0 aliphatic carbocycles. The summed E-state index contributed by atoms with van der Waals surface area (Å²) in [7, 11) is 0. The maximum atomic E-state index is 5.38. The molecule has 26 heavy (non-hydrogen) atoms. The van der Waals surface area contributed by atoms with E-state index in [4.69, 9.17) is 18.0 Å². The minimum Gasteiger partial charge on any atom is -0.375 e. The van der Waals surface area contributed by atoms with Crippen LogP contribution in [0.15, 0.2) is 59.0 Å². The van der Waals surface area contributed by atoms with E-state index in [1.807, 2.05) is 31.2 Å². The van der Waals surface area contributed by atoms with E-state index in [2.05, 4.69) is 57.4 Å². The van der Waals surface area contributed by atoms with Crippen molar-refractivity contribution in [2.24, 2.45) is 10.8 Å². The van der Waals surface area contributed by atoms with E-state index in [9.17, 15) is 0 Å². The highest BCUT2D eigenvalue weighted by Gasteiger charge is 2.05. The smallest absolute Gasteiger partial charge is 0.187 e. The Morgan fingerprint density at radius 2 is 1.81 bits per heavy atom. The maximum absolute atomic E-state index is 5.38. The first kappa shape index (κ1) is 18.0. The van der Waals surface area contributed by atoms with Gasteiger partial charge in [0, 0.05) is 16.6 Å². The summed E-state index contributed by atoms with van der Waals surface area (Å²) >= 11 is 6.33. The van der Waals surface area contributed by atoms with Gasteiger partial charge in [-0.15, -0.1) is 11.3 Å². The standard InChI is InChI=1S/C19H19N5S2/c1-12-3-5-15(6-4-12)17-11-26-19(22-17)21-16-9-7-14(8-10-16)13(2)23-24-18(20)25/h3-11H,1-2H3,(H,21,22)(H3,20,24,25)/b23-13+. The Bertz CT molecular complexity index is 927. The molecule has 0 aliphatic rings. The first-order chi connectivity index (χ1) is 12.5. The molecule has 7 heteroatoms. The predicted octanol–water partition coefficient (Wildman–Crippen LogP) is 4.42. The van der Waals surface area contributed by atoms with Crippen molar-refractivity contribution in [2.75, 3.05) is 5.32 Å². The fraction of sp³-hybridized carbons (Fsp3) is 0.105. The Balaban J connectivity index is 1.69. The minimum atomic E-state index is 0.149. The van der Waals surface area contributed by atoms with Crippen LogP contribution in [0, 0.1) is 6.92 Å². The fourth-order valence-corrected chi connectivity index (χ4v) is 3.10. The number of anilines is 2. The molecule has 0 saturated carbocycles. The van der Waals surface area contributed by atoms with Gasteiger partial charge in [0.2, 0.25) is 0 Å². The van der Waals surface area contributed by atoms with Gasteiger partial charge in [0.15, 0.2) is 10.2 Å². The third-order valence-electron chi connectivity index (χ3n) is 3.74. The summed E-state index contributed by atoms with van der Waals surface area (Å²) in [5.41, 5.74) is 14.1. The molecule has 2 aromatic carbocycles. The van der Waals surface area contributed by atoms with Gasteiger partial charge in [-0.25, -0.2) is 4.98 Å². The van der Waals surface area contributed by atoms with Gasteiger partial charge in [-0.2, -0.15) is 5.10 Å².